The first kappa shape index (κ1) is 15.8. The summed E-state index contributed by atoms with van der Waals surface area (Å²) >= 11 is 12.3. The molecule has 0 saturated heterocycles. The molecular formula is C15H23Cl2N. The molecule has 18 heavy (non-hydrogen) atoms. The molecule has 0 spiro atoms. The standard InChI is InChI=1S/C15H23Cl2N/c1-4-5-6-8-11(2)18-12(3)13-9-7-10-14(16)15(13)17/h7,9-12,18H,4-6,8H2,1-3H3. The van der Waals surface area contributed by atoms with Crippen LogP contribution >= 0.6 is 23.2 Å². The molecule has 1 rings (SSSR count). The van der Waals surface area contributed by atoms with Gasteiger partial charge in [0.2, 0.25) is 0 Å². The SMILES string of the molecule is CCCCCC(C)NC(C)c1cccc(Cl)c1Cl. The van der Waals surface area contributed by atoms with Crippen LogP contribution in [0.5, 0.6) is 0 Å². The molecule has 0 aromatic heterocycles. The summed E-state index contributed by atoms with van der Waals surface area (Å²) in [5.41, 5.74) is 1.08. The Morgan fingerprint density at radius 3 is 2.56 bits per heavy atom. The van der Waals surface area contributed by atoms with E-state index < -0.39 is 0 Å². The smallest absolute Gasteiger partial charge is 0.0639 e. The average molecular weight is 288 g/mol. The van der Waals surface area contributed by atoms with Crippen molar-refractivity contribution in [2.24, 2.45) is 0 Å². The van der Waals surface area contributed by atoms with Gasteiger partial charge in [0.15, 0.2) is 0 Å². The van der Waals surface area contributed by atoms with Crippen molar-refractivity contribution in [2.75, 3.05) is 0 Å². The molecule has 0 bridgehead atoms. The maximum Gasteiger partial charge on any atom is 0.0639 e. The van der Waals surface area contributed by atoms with Gasteiger partial charge in [-0.1, -0.05) is 61.5 Å². The molecule has 1 aromatic carbocycles. The summed E-state index contributed by atoms with van der Waals surface area (Å²) in [6, 6.07) is 6.54. The number of nitrogens with one attached hydrogen (secondary N) is 1. The van der Waals surface area contributed by atoms with Crippen LogP contribution in [-0.4, -0.2) is 6.04 Å². The molecule has 0 aliphatic heterocycles. The fraction of sp³-hybridized carbons (Fsp3) is 0.600. The van der Waals surface area contributed by atoms with Crippen molar-refractivity contribution < 1.29 is 0 Å². The third-order valence-corrected chi connectivity index (χ3v) is 4.06. The zero-order valence-corrected chi connectivity index (χ0v) is 13.0. The van der Waals surface area contributed by atoms with E-state index in [-0.39, 0.29) is 6.04 Å². The Labute approximate surface area is 121 Å². The van der Waals surface area contributed by atoms with E-state index in [1.54, 1.807) is 0 Å². The quantitative estimate of drug-likeness (QED) is 0.643. The predicted molar refractivity (Wildman–Crippen MR) is 81.6 cm³/mol. The molecule has 1 nitrogen and oxygen atoms in total. The molecule has 0 saturated carbocycles. The minimum Gasteiger partial charge on any atom is -0.308 e. The third kappa shape index (κ3) is 4.79. The number of unbranched alkanes of at least 4 members (excludes halogenated alkanes) is 2. The van der Waals surface area contributed by atoms with Crippen LogP contribution in [0, 0.1) is 0 Å². The molecule has 0 radical (unpaired) electrons. The van der Waals surface area contributed by atoms with Crippen LogP contribution in [0.1, 0.15) is 58.1 Å². The lowest BCUT2D eigenvalue weighted by Crippen LogP contribution is -2.29. The van der Waals surface area contributed by atoms with Gasteiger partial charge >= 0.3 is 0 Å². The van der Waals surface area contributed by atoms with E-state index in [1.807, 2.05) is 18.2 Å². The molecule has 2 atom stereocenters. The average Bonchev–Trinajstić information content (AvgIpc) is 2.32. The second-order valence-electron chi connectivity index (χ2n) is 4.93. The lowest BCUT2D eigenvalue weighted by Gasteiger charge is -2.21. The van der Waals surface area contributed by atoms with E-state index in [2.05, 4.69) is 26.1 Å². The summed E-state index contributed by atoms with van der Waals surface area (Å²) in [4.78, 5) is 0. The Morgan fingerprint density at radius 2 is 1.89 bits per heavy atom. The van der Waals surface area contributed by atoms with Crippen LogP contribution in [0.3, 0.4) is 0 Å². The van der Waals surface area contributed by atoms with Crippen LogP contribution < -0.4 is 5.32 Å². The van der Waals surface area contributed by atoms with Crippen molar-refractivity contribution in [3.05, 3.63) is 33.8 Å². The number of halogens is 2. The molecule has 0 amide bonds. The maximum absolute atomic E-state index is 6.23. The summed E-state index contributed by atoms with van der Waals surface area (Å²) in [6.07, 6.45) is 5.05. The van der Waals surface area contributed by atoms with Crippen LogP contribution in [0.4, 0.5) is 0 Å². The van der Waals surface area contributed by atoms with Gasteiger partial charge in [-0.25, -0.2) is 0 Å². The number of hydrogen-bond acceptors (Lipinski definition) is 1. The van der Waals surface area contributed by atoms with Gasteiger partial charge in [-0.15, -0.1) is 0 Å². The van der Waals surface area contributed by atoms with Gasteiger partial charge in [0.25, 0.3) is 0 Å². The number of hydrogen-bond donors (Lipinski definition) is 1. The highest BCUT2D eigenvalue weighted by molar-refractivity contribution is 6.42. The molecule has 0 heterocycles. The van der Waals surface area contributed by atoms with Gasteiger partial charge in [-0.3, -0.25) is 0 Å². The first-order chi connectivity index (χ1) is 8.56. The van der Waals surface area contributed by atoms with E-state index >= 15 is 0 Å². The Morgan fingerprint density at radius 1 is 1.17 bits per heavy atom. The molecular weight excluding hydrogens is 265 g/mol. The lowest BCUT2D eigenvalue weighted by molar-refractivity contribution is 0.440. The summed E-state index contributed by atoms with van der Waals surface area (Å²) in [5.74, 6) is 0. The van der Waals surface area contributed by atoms with E-state index in [9.17, 15) is 0 Å². The van der Waals surface area contributed by atoms with E-state index in [4.69, 9.17) is 23.2 Å². The number of rotatable bonds is 7. The van der Waals surface area contributed by atoms with Crippen molar-refractivity contribution in [2.45, 2.75) is 58.5 Å². The second-order valence-corrected chi connectivity index (χ2v) is 5.71. The highest BCUT2D eigenvalue weighted by Gasteiger charge is 2.13. The topological polar surface area (TPSA) is 12.0 Å². The van der Waals surface area contributed by atoms with Crippen LogP contribution in [0.15, 0.2) is 18.2 Å². The number of benzene rings is 1. The van der Waals surface area contributed by atoms with Crippen molar-refractivity contribution in [1.29, 1.82) is 0 Å². The van der Waals surface area contributed by atoms with Crippen molar-refractivity contribution in [3.63, 3.8) is 0 Å². The normalized spacial score (nSPS) is 14.5. The molecule has 0 aliphatic carbocycles. The van der Waals surface area contributed by atoms with Gasteiger partial charge < -0.3 is 5.32 Å². The van der Waals surface area contributed by atoms with E-state index in [0.29, 0.717) is 16.1 Å². The minimum absolute atomic E-state index is 0.229. The zero-order chi connectivity index (χ0) is 13.5. The Balaban J connectivity index is 2.54. The van der Waals surface area contributed by atoms with E-state index in [0.717, 1.165) is 5.56 Å². The molecule has 0 aliphatic rings. The van der Waals surface area contributed by atoms with Crippen LogP contribution in [0.2, 0.25) is 10.0 Å². The first-order valence-electron chi connectivity index (χ1n) is 6.76. The summed E-state index contributed by atoms with van der Waals surface area (Å²) in [6.45, 7) is 6.59. The molecule has 1 aromatic rings. The second kappa shape index (κ2) is 8.04. The van der Waals surface area contributed by atoms with Gasteiger partial charge in [-0.2, -0.15) is 0 Å². The van der Waals surface area contributed by atoms with Crippen molar-refractivity contribution >= 4 is 23.2 Å². The predicted octanol–water partition coefficient (Wildman–Crippen LogP) is 5.61. The Bertz CT molecular complexity index is 366. The molecule has 1 N–H and O–H groups in total. The highest BCUT2D eigenvalue weighted by atomic mass is 35.5. The maximum atomic E-state index is 6.23. The van der Waals surface area contributed by atoms with Gasteiger partial charge in [0.05, 0.1) is 10.0 Å². The van der Waals surface area contributed by atoms with Crippen LogP contribution in [0.25, 0.3) is 0 Å². The summed E-state index contributed by atoms with van der Waals surface area (Å²) in [5, 5.41) is 4.87. The molecule has 0 fully saturated rings. The third-order valence-electron chi connectivity index (χ3n) is 3.22. The van der Waals surface area contributed by atoms with Gasteiger partial charge in [-0.05, 0) is 31.9 Å². The lowest BCUT2D eigenvalue weighted by atomic mass is 10.1. The van der Waals surface area contributed by atoms with Crippen LogP contribution in [-0.2, 0) is 0 Å². The van der Waals surface area contributed by atoms with Gasteiger partial charge in [0, 0.05) is 12.1 Å². The van der Waals surface area contributed by atoms with Gasteiger partial charge in [0.1, 0.15) is 0 Å². The fourth-order valence-electron chi connectivity index (χ4n) is 2.16. The highest BCUT2D eigenvalue weighted by Crippen LogP contribution is 2.30. The summed E-state index contributed by atoms with van der Waals surface area (Å²) < 4.78 is 0. The fourth-order valence-corrected chi connectivity index (χ4v) is 2.63. The Kier molecular flexibility index (Phi) is 7.06. The minimum atomic E-state index is 0.229. The Hall–Kier alpha value is -0.240. The van der Waals surface area contributed by atoms with Crippen molar-refractivity contribution in [3.8, 4) is 0 Å². The first-order valence-corrected chi connectivity index (χ1v) is 7.51. The zero-order valence-electron chi connectivity index (χ0n) is 11.5. The van der Waals surface area contributed by atoms with E-state index in [1.165, 1.54) is 25.7 Å². The van der Waals surface area contributed by atoms with Crippen molar-refractivity contribution in [1.82, 2.24) is 5.32 Å². The largest absolute Gasteiger partial charge is 0.308 e. The molecule has 2 unspecified atom stereocenters. The molecule has 3 heteroatoms. The molecule has 102 valence electrons. The monoisotopic (exact) mass is 287 g/mol. The summed E-state index contributed by atoms with van der Waals surface area (Å²) in [7, 11) is 0.